The van der Waals surface area contributed by atoms with E-state index in [9.17, 15) is 4.79 Å². The molecular formula is C14H19NO. The lowest BCUT2D eigenvalue weighted by molar-refractivity contribution is -0.126. The molecule has 0 saturated heterocycles. The highest BCUT2D eigenvalue weighted by molar-refractivity contribution is 5.87. The molecular weight excluding hydrogens is 198 g/mol. The van der Waals surface area contributed by atoms with E-state index in [0.717, 1.165) is 18.4 Å². The molecule has 1 aliphatic carbocycles. The van der Waals surface area contributed by atoms with Crippen molar-refractivity contribution in [3.63, 3.8) is 0 Å². The molecule has 0 unspecified atom stereocenters. The van der Waals surface area contributed by atoms with E-state index in [0.29, 0.717) is 6.04 Å². The number of rotatable bonds is 3. The SMILES string of the molecule is CC(C)(C(=O)NC1CCC1)c1ccccc1. The van der Waals surface area contributed by atoms with Gasteiger partial charge in [-0.2, -0.15) is 0 Å². The van der Waals surface area contributed by atoms with E-state index < -0.39 is 5.41 Å². The number of carbonyl (C=O) groups excluding carboxylic acids is 1. The second-order valence-electron chi connectivity index (χ2n) is 5.09. The lowest BCUT2D eigenvalue weighted by atomic mass is 9.82. The predicted molar refractivity (Wildman–Crippen MR) is 65.2 cm³/mol. The first-order valence-corrected chi connectivity index (χ1v) is 5.97. The average molecular weight is 217 g/mol. The summed E-state index contributed by atoms with van der Waals surface area (Å²) >= 11 is 0. The van der Waals surface area contributed by atoms with E-state index in [1.807, 2.05) is 44.2 Å². The van der Waals surface area contributed by atoms with Crippen LogP contribution in [0.1, 0.15) is 38.7 Å². The molecule has 16 heavy (non-hydrogen) atoms. The highest BCUT2D eigenvalue weighted by Gasteiger charge is 2.32. The molecule has 86 valence electrons. The van der Waals surface area contributed by atoms with Gasteiger partial charge in [0.1, 0.15) is 0 Å². The van der Waals surface area contributed by atoms with Crippen molar-refractivity contribution in [2.24, 2.45) is 0 Å². The Bertz CT molecular complexity index is 366. The molecule has 0 atom stereocenters. The van der Waals surface area contributed by atoms with Crippen molar-refractivity contribution >= 4 is 5.91 Å². The van der Waals surface area contributed by atoms with Crippen LogP contribution < -0.4 is 5.32 Å². The second kappa shape index (κ2) is 4.28. The minimum Gasteiger partial charge on any atom is -0.353 e. The van der Waals surface area contributed by atoms with Crippen LogP contribution in [0.25, 0.3) is 0 Å². The van der Waals surface area contributed by atoms with Crippen LogP contribution in [-0.4, -0.2) is 11.9 Å². The molecule has 0 heterocycles. The molecule has 2 nitrogen and oxygen atoms in total. The molecule has 0 spiro atoms. The van der Waals surface area contributed by atoms with Gasteiger partial charge in [0, 0.05) is 6.04 Å². The van der Waals surface area contributed by atoms with Crippen LogP contribution in [0.5, 0.6) is 0 Å². The lowest BCUT2D eigenvalue weighted by Gasteiger charge is -2.31. The summed E-state index contributed by atoms with van der Waals surface area (Å²) in [5.74, 6) is 0.142. The van der Waals surface area contributed by atoms with Crippen LogP contribution in [0.4, 0.5) is 0 Å². The fourth-order valence-electron chi connectivity index (χ4n) is 1.90. The lowest BCUT2D eigenvalue weighted by Crippen LogP contribution is -2.47. The largest absolute Gasteiger partial charge is 0.353 e. The van der Waals surface area contributed by atoms with Gasteiger partial charge in [-0.1, -0.05) is 30.3 Å². The number of hydrogen-bond donors (Lipinski definition) is 1. The Hall–Kier alpha value is -1.31. The Morgan fingerprint density at radius 2 is 1.88 bits per heavy atom. The Morgan fingerprint density at radius 1 is 1.25 bits per heavy atom. The van der Waals surface area contributed by atoms with Gasteiger partial charge in [0.05, 0.1) is 5.41 Å². The molecule has 1 saturated carbocycles. The third-order valence-electron chi connectivity index (χ3n) is 3.50. The zero-order valence-corrected chi connectivity index (χ0v) is 9.99. The molecule has 1 aromatic rings. The van der Waals surface area contributed by atoms with Crippen LogP contribution in [0, 0.1) is 0 Å². The van der Waals surface area contributed by atoms with Crippen molar-refractivity contribution in [1.29, 1.82) is 0 Å². The Labute approximate surface area is 97.1 Å². The normalized spacial score (nSPS) is 16.6. The fourth-order valence-corrected chi connectivity index (χ4v) is 1.90. The number of nitrogens with one attached hydrogen (secondary N) is 1. The third kappa shape index (κ3) is 2.11. The molecule has 1 fully saturated rings. The molecule has 1 aliphatic rings. The van der Waals surface area contributed by atoms with E-state index in [1.54, 1.807) is 0 Å². The van der Waals surface area contributed by atoms with Gasteiger partial charge in [0.25, 0.3) is 0 Å². The van der Waals surface area contributed by atoms with E-state index in [4.69, 9.17) is 0 Å². The number of hydrogen-bond acceptors (Lipinski definition) is 1. The summed E-state index contributed by atoms with van der Waals surface area (Å²) in [5.41, 5.74) is 0.642. The standard InChI is InChI=1S/C14H19NO/c1-14(2,11-7-4-3-5-8-11)13(16)15-12-9-6-10-12/h3-5,7-8,12H,6,9-10H2,1-2H3,(H,15,16). The van der Waals surface area contributed by atoms with Gasteiger partial charge >= 0.3 is 0 Å². The highest BCUT2D eigenvalue weighted by Crippen LogP contribution is 2.25. The van der Waals surface area contributed by atoms with Gasteiger partial charge in [-0.3, -0.25) is 4.79 Å². The first-order valence-electron chi connectivity index (χ1n) is 5.97. The predicted octanol–water partition coefficient (Wildman–Crippen LogP) is 2.63. The maximum atomic E-state index is 12.2. The Balaban J connectivity index is 2.08. The first kappa shape index (κ1) is 11.2. The summed E-state index contributed by atoms with van der Waals surface area (Å²) in [7, 11) is 0. The summed E-state index contributed by atoms with van der Waals surface area (Å²) in [6.45, 7) is 3.96. The number of carbonyl (C=O) groups is 1. The van der Waals surface area contributed by atoms with Gasteiger partial charge in [-0.15, -0.1) is 0 Å². The van der Waals surface area contributed by atoms with Gasteiger partial charge in [0.15, 0.2) is 0 Å². The van der Waals surface area contributed by atoms with E-state index >= 15 is 0 Å². The molecule has 0 aliphatic heterocycles. The molecule has 2 heteroatoms. The van der Waals surface area contributed by atoms with Crippen LogP contribution in [0.2, 0.25) is 0 Å². The highest BCUT2D eigenvalue weighted by atomic mass is 16.2. The third-order valence-corrected chi connectivity index (χ3v) is 3.50. The maximum absolute atomic E-state index is 12.2. The molecule has 0 aromatic heterocycles. The molecule has 2 rings (SSSR count). The van der Waals surface area contributed by atoms with Crippen LogP contribution in [0.15, 0.2) is 30.3 Å². The van der Waals surface area contributed by atoms with Gasteiger partial charge in [-0.05, 0) is 38.7 Å². The number of benzene rings is 1. The van der Waals surface area contributed by atoms with E-state index in [-0.39, 0.29) is 5.91 Å². The minimum absolute atomic E-state index is 0.142. The van der Waals surface area contributed by atoms with E-state index in [1.165, 1.54) is 6.42 Å². The zero-order chi connectivity index (χ0) is 11.6. The number of amides is 1. The van der Waals surface area contributed by atoms with Crippen LogP contribution in [0.3, 0.4) is 0 Å². The summed E-state index contributed by atoms with van der Waals surface area (Å²) in [5, 5.41) is 3.12. The smallest absolute Gasteiger partial charge is 0.230 e. The van der Waals surface area contributed by atoms with Crippen molar-refractivity contribution in [2.75, 3.05) is 0 Å². The molecule has 1 N–H and O–H groups in total. The average Bonchev–Trinajstić information content (AvgIpc) is 2.24. The van der Waals surface area contributed by atoms with Gasteiger partial charge in [0.2, 0.25) is 5.91 Å². The van der Waals surface area contributed by atoms with Crippen LogP contribution >= 0.6 is 0 Å². The first-order chi connectivity index (χ1) is 7.60. The second-order valence-corrected chi connectivity index (χ2v) is 5.09. The molecule has 1 amide bonds. The summed E-state index contributed by atoms with van der Waals surface area (Å²) in [6.07, 6.45) is 3.52. The quantitative estimate of drug-likeness (QED) is 0.828. The van der Waals surface area contributed by atoms with Gasteiger partial charge in [-0.25, -0.2) is 0 Å². The van der Waals surface area contributed by atoms with Crippen LogP contribution in [-0.2, 0) is 10.2 Å². The molecule has 1 aromatic carbocycles. The monoisotopic (exact) mass is 217 g/mol. The van der Waals surface area contributed by atoms with Crippen molar-refractivity contribution in [3.8, 4) is 0 Å². The maximum Gasteiger partial charge on any atom is 0.230 e. The molecule has 0 bridgehead atoms. The minimum atomic E-state index is -0.434. The van der Waals surface area contributed by atoms with Crippen molar-refractivity contribution in [2.45, 2.75) is 44.6 Å². The Kier molecular flexibility index (Phi) is 2.99. The topological polar surface area (TPSA) is 29.1 Å². The van der Waals surface area contributed by atoms with E-state index in [2.05, 4.69) is 5.32 Å². The Morgan fingerprint density at radius 3 is 2.38 bits per heavy atom. The zero-order valence-electron chi connectivity index (χ0n) is 9.99. The summed E-state index contributed by atoms with van der Waals surface area (Å²) < 4.78 is 0. The van der Waals surface area contributed by atoms with Gasteiger partial charge < -0.3 is 5.32 Å². The summed E-state index contributed by atoms with van der Waals surface area (Å²) in [6, 6.07) is 10.4. The fraction of sp³-hybridized carbons (Fsp3) is 0.500. The van der Waals surface area contributed by atoms with Crippen molar-refractivity contribution < 1.29 is 4.79 Å². The van der Waals surface area contributed by atoms with Crippen molar-refractivity contribution in [3.05, 3.63) is 35.9 Å². The molecule has 0 radical (unpaired) electrons. The van der Waals surface area contributed by atoms with Crippen molar-refractivity contribution in [1.82, 2.24) is 5.32 Å². The summed E-state index contributed by atoms with van der Waals surface area (Å²) in [4.78, 5) is 12.2.